The van der Waals surface area contributed by atoms with Crippen LogP contribution < -0.4 is 10.1 Å². The summed E-state index contributed by atoms with van der Waals surface area (Å²) < 4.78 is 6.64. The summed E-state index contributed by atoms with van der Waals surface area (Å²) in [5.41, 5.74) is 2.12. The number of carbonyl (C=O) groups excluding carboxylic acids is 1. The van der Waals surface area contributed by atoms with Crippen LogP contribution in [0, 0.1) is 10.1 Å². The first kappa shape index (κ1) is 22.0. The highest BCUT2D eigenvalue weighted by molar-refractivity contribution is 9.10. The molecular weight excluding hydrogens is 466 g/mol. The van der Waals surface area contributed by atoms with Crippen LogP contribution in [0.3, 0.4) is 0 Å². The summed E-state index contributed by atoms with van der Waals surface area (Å²) in [6, 6.07) is 20.6. The molecule has 0 fully saturated rings. The van der Waals surface area contributed by atoms with E-state index in [1.54, 1.807) is 36.4 Å². The molecule has 0 atom stereocenters. The molecule has 0 radical (unpaired) electrons. The fourth-order valence-corrected chi connectivity index (χ4v) is 2.91. The second kappa shape index (κ2) is 10.9. The molecule has 0 aliphatic rings. The Morgan fingerprint density at radius 2 is 1.84 bits per heavy atom. The van der Waals surface area contributed by atoms with E-state index in [1.165, 1.54) is 18.3 Å². The Kier molecular flexibility index (Phi) is 7.72. The lowest BCUT2D eigenvalue weighted by molar-refractivity contribution is -0.384. The predicted octanol–water partition coefficient (Wildman–Crippen LogP) is 4.93. The van der Waals surface area contributed by atoms with E-state index in [9.17, 15) is 14.9 Å². The summed E-state index contributed by atoms with van der Waals surface area (Å²) in [5.74, 6) is 0.217. The summed E-state index contributed by atoms with van der Waals surface area (Å²) in [5, 5.41) is 17.3. The lowest BCUT2D eigenvalue weighted by atomic mass is 10.2. The number of anilines is 1. The molecule has 1 amide bonds. The highest BCUT2D eigenvalue weighted by Gasteiger charge is 2.07. The Morgan fingerprint density at radius 3 is 2.55 bits per heavy atom. The van der Waals surface area contributed by atoms with Crippen LogP contribution in [0.15, 0.2) is 82.4 Å². The smallest absolute Gasteiger partial charge is 0.269 e. The molecule has 0 heterocycles. The van der Waals surface area contributed by atoms with Gasteiger partial charge in [-0.2, -0.15) is 0 Å². The Labute approximate surface area is 186 Å². The molecule has 0 bridgehead atoms. The minimum atomic E-state index is -0.450. The van der Waals surface area contributed by atoms with Gasteiger partial charge in [-0.1, -0.05) is 39.3 Å². The molecule has 0 aromatic heterocycles. The number of hydrogen-bond donors (Lipinski definition) is 1. The van der Waals surface area contributed by atoms with E-state index in [-0.39, 0.29) is 24.8 Å². The maximum atomic E-state index is 11.9. The van der Waals surface area contributed by atoms with Crippen LogP contribution >= 0.6 is 15.9 Å². The lowest BCUT2D eigenvalue weighted by Crippen LogP contribution is -2.16. The summed E-state index contributed by atoms with van der Waals surface area (Å²) in [4.78, 5) is 27.3. The topological polar surface area (TPSA) is 103 Å². The highest BCUT2D eigenvalue weighted by atomic mass is 79.9. The first-order valence-electron chi connectivity index (χ1n) is 9.17. The van der Waals surface area contributed by atoms with Crippen LogP contribution in [-0.2, 0) is 16.2 Å². The summed E-state index contributed by atoms with van der Waals surface area (Å²) in [7, 11) is 0. The van der Waals surface area contributed by atoms with Gasteiger partial charge in [0, 0.05) is 27.9 Å². The van der Waals surface area contributed by atoms with Gasteiger partial charge in [0.15, 0.2) is 6.61 Å². The molecule has 158 valence electrons. The average Bonchev–Trinajstić information content (AvgIpc) is 2.77. The zero-order valence-corrected chi connectivity index (χ0v) is 17.8. The predicted molar refractivity (Wildman–Crippen MR) is 120 cm³/mol. The zero-order chi connectivity index (χ0) is 22.1. The third kappa shape index (κ3) is 6.93. The SMILES string of the molecule is O=C(CO/N=C/c1cc(Br)ccc1OCc1ccc([N+](=O)[O-])cc1)Nc1ccccc1. The van der Waals surface area contributed by atoms with E-state index in [4.69, 9.17) is 9.57 Å². The Balaban J connectivity index is 1.56. The number of non-ortho nitro benzene ring substituents is 1. The van der Waals surface area contributed by atoms with Crippen LogP contribution in [0.5, 0.6) is 5.75 Å². The number of oxime groups is 1. The average molecular weight is 484 g/mol. The number of amides is 1. The third-order valence-corrected chi connectivity index (χ3v) is 4.53. The number of halogens is 1. The minimum absolute atomic E-state index is 0.0219. The normalized spacial score (nSPS) is 10.6. The van der Waals surface area contributed by atoms with E-state index in [2.05, 4.69) is 26.4 Å². The van der Waals surface area contributed by atoms with Crippen LogP contribution in [-0.4, -0.2) is 23.7 Å². The molecule has 0 aliphatic carbocycles. The van der Waals surface area contributed by atoms with Crippen molar-refractivity contribution in [3.05, 3.63) is 98.5 Å². The maximum Gasteiger partial charge on any atom is 0.269 e. The van der Waals surface area contributed by atoms with Gasteiger partial charge in [0.1, 0.15) is 12.4 Å². The van der Waals surface area contributed by atoms with Gasteiger partial charge in [0.2, 0.25) is 0 Å². The molecule has 1 N–H and O–H groups in total. The lowest BCUT2D eigenvalue weighted by Gasteiger charge is -2.09. The molecule has 0 spiro atoms. The van der Waals surface area contributed by atoms with Crippen molar-refractivity contribution in [1.82, 2.24) is 0 Å². The second-order valence-electron chi connectivity index (χ2n) is 6.32. The van der Waals surface area contributed by atoms with Crippen LogP contribution in [0.25, 0.3) is 0 Å². The molecule has 0 saturated heterocycles. The van der Waals surface area contributed by atoms with Crippen molar-refractivity contribution in [1.29, 1.82) is 0 Å². The molecule has 8 nitrogen and oxygen atoms in total. The molecule has 3 rings (SSSR count). The van der Waals surface area contributed by atoms with Crippen molar-refractivity contribution in [2.45, 2.75) is 6.61 Å². The molecule has 0 saturated carbocycles. The van der Waals surface area contributed by atoms with E-state index in [1.807, 2.05) is 24.3 Å². The van der Waals surface area contributed by atoms with Gasteiger partial charge in [-0.25, -0.2) is 0 Å². The molecule has 31 heavy (non-hydrogen) atoms. The van der Waals surface area contributed by atoms with Gasteiger partial charge in [-0.3, -0.25) is 14.9 Å². The zero-order valence-electron chi connectivity index (χ0n) is 16.2. The van der Waals surface area contributed by atoms with Crippen LogP contribution in [0.4, 0.5) is 11.4 Å². The van der Waals surface area contributed by atoms with Crippen molar-refractivity contribution < 1.29 is 19.3 Å². The number of nitrogens with one attached hydrogen (secondary N) is 1. The summed E-state index contributed by atoms with van der Waals surface area (Å²) in [6.45, 7) is -0.0147. The number of ether oxygens (including phenoxy) is 1. The van der Waals surface area contributed by atoms with Crippen LogP contribution in [0.1, 0.15) is 11.1 Å². The number of benzene rings is 3. The molecular formula is C22H18BrN3O5. The molecule has 3 aromatic rings. The van der Waals surface area contributed by atoms with E-state index >= 15 is 0 Å². The first-order chi connectivity index (χ1) is 15.0. The van der Waals surface area contributed by atoms with Gasteiger partial charge in [-0.15, -0.1) is 0 Å². The monoisotopic (exact) mass is 483 g/mol. The van der Waals surface area contributed by atoms with Crippen molar-refractivity contribution in [3.8, 4) is 5.75 Å². The van der Waals surface area contributed by atoms with Gasteiger partial charge >= 0.3 is 0 Å². The van der Waals surface area contributed by atoms with Gasteiger partial charge in [-0.05, 0) is 48.0 Å². The third-order valence-electron chi connectivity index (χ3n) is 4.03. The number of hydrogen-bond acceptors (Lipinski definition) is 6. The highest BCUT2D eigenvalue weighted by Crippen LogP contribution is 2.23. The molecule has 9 heteroatoms. The fraction of sp³-hybridized carbons (Fsp3) is 0.0909. The van der Waals surface area contributed by atoms with E-state index in [0.717, 1.165) is 10.0 Å². The standard InChI is InChI=1S/C22H18BrN3O5/c23-18-8-11-21(30-14-16-6-9-20(10-7-16)26(28)29)17(12-18)13-24-31-15-22(27)25-19-4-2-1-3-5-19/h1-13H,14-15H2,(H,25,27)/b24-13+. The molecule has 0 aliphatic heterocycles. The Morgan fingerprint density at radius 1 is 1.10 bits per heavy atom. The molecule has 0 unspecified atom stereocenters. The van der Waals surface area contributed by atoms with Crippen molar-refractivity contribution in [2.24, 2.45) is 5.16 Å². The number of nitro benzene ring substituents is 1. The Bertz CT molecular complexity index is 1070. The van der Waals surface area contributed by atoms with Gasteiger partial charge in [0.25, 0.3) is 11.6 Å². The van der Waals surface area contributed by atoms with Gasteiger partial charge < -0.3 is 14.9 Å². The quantitative estimate of drug-likeness (QED) is 0.264. The fourth-order valence-electron chi connectivity index (χ4n) is 2.54. The van der Waals surface area contributed by atoms with Crippen molar-refractivity contribution >= 4 is 39.4 Å². The van der Waals surface area contributed by atoms with Crippen molar-refractivity contribution in [2.75, 3.05) is 11.9 Å². The van der Waals surface area contributed by atoms with Crippen molar-refractivity contribution in [3.63, 3.8) is 0 Å². The summed E-state index contributed by atoms with van der Waals surface area (Å²) in [6.07, 6.45) is 1.45. The van der Waals surface area contributed by atoms with E-state index in [0.29, 0.717) is 17.0 Å². The molecule has 3 aromatic carbocycles. The minimum Gasteiger partial charge on any atom is -0.488 e. The maximum absolute atomic E-state index is 11.9. The number of nitrogens with zero attached hydrogens (tertiary/aromatic N) is 2. The van der Waals surface area contributed by atoms with E-state index < -0.39 is 4.92 Å². The second-order valence-corrected chi connectivity index (χ2v) is 7.23. The summed E-state index contributed by atoms with van der Waals surface area (Å²) >= 11 is 3.40. The first-order valence-corrected chi connectivity index (χ1v) is 9.96. The number of carbonyl (C=O) groups is 1. The van der Waals surface area contributed by atoms with Crippen LogP contribution in [0.2, 0.25) is 0 Å². The number of para-hydroxylation sites is 1. The number of rotatable bonds is 9. The van der Waals surface area contributed by atoms with Gasteiger partial charge in [0.05, 0.1) is 11.1 Å². The Hall–Kier alpha value is -3.72. The largest absolute Gasteiger partial charge is 0.488 e. The number of nitro groups is 1.